The minimum atomic E-state index is 0.752. The van der Waals surface area contributed by atoms with Crippen molar-refractivity contribution in [2.45, 2.75) is 20.0 Å². The van der Waals surface area contributed by atoms with Crippen molar-refractivity contribution in [2.24, 2.45) is 7.05 Å². The molecule has 5 nitrogen and oxygen atoms in total. The topological polar surface area (TPSA) is 48.3 Å². The van der Waals surface area contributed by atoms with Gasteiger partial charge >= 0.3 is 0 Å². The van der Waals surface area contributed by atoms with Crippen molar-refractivity contribution in [1.29, 1.82) is 0 Å². The zero-order valence-corrected chi connectivity index (χ0v) is 12.4. The van der Waals surface area contributed by atoms with Gasteiger partial charge in [0.2, 0.25) is 0 Å². The molecular weight excluding hydrogens is 254 g/mol. The molecule has 20 heavy (non-hydrogen) atoms. The predicted molar refractivity (Wildman–Crippen MR) is 78.0 cm³/mol. The van der Waals surface area contributed by atoms with Crippen LogP contribution in [0, 0.1) is 6.92 Å². The van der Waals surface area contributed by atoms with E-state index >= 15 is 0 Å². The quantitative estimate of drug-likeness (QED) is 0.876. The number of ether oxygens (including phenoxy) is 2. The maximum absolute atomic E-state index is 5.26. The Kier molecular flexibility index (Phi) is 4.63. The Morgan fingerprint density at radius 3 is 2.25 bits per heavy atom. The fourth-order valence-corrected chi connectivity index (χ4v) is 2.03. The molecule has 1 aromatic heterocycles. The lowest BCUT2D eigenvalue weighted by atomic mass is 10.2. The molecule has 0 fully saturated rings. The second-order valence-corrected chi connectivity index (χ2v) is 4.70. The van der Waals surface area contributed by atoms with E-state index in [-0.39, 0.29) is 0 Å². The van der Waals surface area contributed by atoms with Crippen LogP contribution in [-0.4, -0.2) is 24.0 Å². The fraction of sp³-hybridized carbons (Fsp3) is 0.400. The molecule has 5 heteroatoms. The molecule has 2 rings (SSSR count). The first-order valence-electron chi connectivity index (χ1n) is 6.54. The van der Waals surface area contributed by atoms with E-state index in [1.165, 1.54) is 11.3 Å². The molecule has 0 aliphatic carbocycles. The van der Waals surface area contributed by atoms with Crippen LogP contribution in [0.15, 0.2) is 24.4 Å². The van der Waals surface area contributed by atoms with Crippen molar-refractivity contribution < 1.29 is 9.47 Å². The van der Waals surface area contributed by atoms with E-state index < -0.39 is 0 Å². The zero-order valence-electron chi connectivity index (χ0n) is 12.4. The second-order valence-electron chi connectivity index (χ2n) is 4.70. The van der Waals surface area contributed by atoms with Gasteiger partial charge in [-0.25, -0.2) is 0 Å². The summed E-state index contributed by atoms with van der Waals surface area (Å²) in [7, 11) is 5.27. The van der Waals surface area contributed by atoms with Crippen LogP contribution in [0.4, 0.5) is 0 Å². The van der Waals surface area contributed by atoms with E-state index in [9.17, 15) is 0 Å². The van der Waals surface area contributed by atoms with Crippen LogP contribution in [0.3, 0.4) is 0 Å². The highest BCUT2D eigenvalue weighted by molar-refractivity contribution is 5.38. The zero-order chi connectivity index (χ0) is 14.5. The molecule has 0 aliphatic rings. The first-order chi connectivity index (χ1) is 9.63. The molecular formula is C15H21N3O2. The van der Waals surface area contributed by atoms with Crippen LogP contribution in [0.25, 0.3) is 0 Å². The summed E-state index contributed by atoms with van der Waals surface area (Å²) in [6.07, 6.45) is 1.90. The summed E-state index contributed by atoms with van der Waals surface area (Å²) >= 11 is 0. The molecule has 0 bridgehead atoms. The van der Waals surface area contributed by atoms with Gasteiger partial charge in [0.25, 0.3) is 0 Å². The van der Waals surface area contributed by atoms with Crippen molar-refractivity contribution in [2.75, 3.05) is 14.2 Å². The molecule has 108 valence electrons. The number of rotatable bonds is 6. The van der Waals surface area contributed by atoms with Crippen molar-refractivity contribution >= 4 is 0 Å². The average molecular weight is 275 g/mol. The number of hydrogen-bond acceptors (Lipinski definition) is 4. The number of methoxy groups -OCH3 is 2. The lowest BCUT2D eigenvalue weighted by molar-refractivity contribution is 0.393. The summed E-state index contributed by atoms with van der Waals surface area (Å²) < 4.78 is 12.4. The van der Waals surface area contributed by atoms with Crippen LogP contribution in [0.5, 0.6) is 11.5 Å². The number of hydrogen-bond donors (Lipinski definition) is 1. The Balaban J connectivity index is 1.98. The molecule has 1 aromatic carbocycles. The minimum absolute atomic E-state index is 0.752. The molecule has 2 aromatic rings. The number of aromatic nitrogens is 2. The van der Waals surface area contributed by atoms with Crippen LogP contribution < -0.4 is 14.8 Å². The highest BCUT2D eigenvalue weighted by atomic mass is 16.5. The first-order valence-corrected chi connectivity index (χ1v) is 6.54. The fourth-order valence-electron chi connectivity index (χ4n) is 2.03. The summed E-state index contributed by atoms with van der Waals surface area (Å²) in [6, 6.07) is 5.88. The first kappa shape index (κ1) is 14.4. The van der Waals surface area contributed by atoms with Gasteiger partial charge in [0.1, 0.15) is 11.5 Å². The maximum atomic E-state index is 5.26. The maximum Gasteiger partial charge on any atom is 0.122 e. The van der Waals surface area contributed by atoms with Gasteiger partial charge in [0.05, 0.1) is 20.4 Å². The van der Waals surface area contributed by atoms with Gasteiger partial charge in [0, 0.05) is 37.5 Å². The normalized spacial score (nSPS) is 10.6. The van der Waals surface area contributed by atoms with E-state index in [0.717, 1.165) is 30.2 Å². The molecule has 0 unspecified atom stereocenters. The van der Waals surface area contributed by atoms with Crippen LogP contribution >= 0.6 is 0 Å². The summed E-state index contributed by atoms with van der Waals surface area (Å²) in [4.78, 5) is 0. The van der Waals surface area contributed by atoms with Crippen LogP contribution in [-0.2, 0) is 20.1 Å². The molecule has 0 saturated heterocycles. The van der Waals surface area contributed by atoms with E-state index in [1.54, 1.807) is 14.2 Å². The molecule has 0 amide bonds. The van der Waals surface area contributed by atoms with E-state index in [0.29, 0.717) is 0 Å². The van der Waals surface area contributed by atoms with Crippen LogP contribution in [0.1, 0.15) is 16.8 Å². The Hall–Kier alpha value is -2.01. The number of aryl methyl sites for hydroxylation is 1. The van der Waals surface area contributed by atoms with Crippen molar-refractivity contribution in [3.05, 3.63) is 41.2 Å². The van der Waals surface area contributed by atoms with Crippen molar-refractivity contribution in [3.63, 3.8) is 0 Å². The van der Waals surface area contributed by atoms with Crippen molar-refractivity contribution in [1.82, 2.24) is 15.1 Å². The third-order valence-corrected chi connectivity index (χ3v) is 3.39. The van der Waals surface area contributed by atoms with Gasteiger partial charge in [-0.2, -0.15) is 5.10 Å². The number of nitrogens with one attached hydrogen (secondary N) is 1. The SMILES string of the molecule is COc1cc(CNCc2cnn(C)c2C)cc(OC)c1. The lowest BCUT2D eigenvalue weighted by Crippen LogP contribution is -2.13. The van der Waals surface area contributed by atoms with Gasteiger partial charge in [0.15, 0.2) is 0 Å². The Labute approximate surface area is 119 Å². The second kappa shape index (κ2) is 6.43. The van der Waals surface area contributed by atoms with E-state index in [4.69, 9.17) is 9.47 Å². The Morgan fingerprint density at radius 1 is 1.10 bits per heavy atom. The Morgan fingerprint density at radius 2 is 1.75 bits per heavy atom. The van der Waals surface area contributed by atoms with E-state index in [1.807, 2.05) is 36.1 Å². The smallest absolute Gasteiger partial charge is 0.122 e. The summed E-state index contributed by atoms with van der Waals surface area (Å²) in [6.45, 7) is 3.61. The Bertz CT molecular complexity index is 556. The summed E-state index contributed by atoms with van der Waals surface area (Å²) in [5.41, 5.74) is 3.52. The third-order valence-electron chi connectivity index (χ3n) is 3.39. The van der Waals surface area contributed by atoms with Gasteiger partial charge in [-0.1, -0.05) is 0 Å². The molecule has 0 spiro atoms. The third kappa shape index (κ3) is 3.30. The average Bonchev–Trinajstić information content (AvgIpc) is 2.79. The highest BCUT2D eigenvalue weighted by Gasteiger charge is 2.04. The molecule has 1 N–H and O–H groups in total. The van der Waals surface area contributed by atoms with Crippen molar-refractivity contribution in [3.8, 4) is 11.5 Å². The van der Waals surface area contributed by atoms with Gasteiger partial charge in [-0.05, 0) is 24.6 Å². The molecule has 1 heterocycles. The van der Waals surface area contributed by atoms with Crippen LogP contribution in [0.2, 0.25) is 0 Å². The monoisotopic (exact) mass is 275 g/mol. The molecule has 0 radical (unpaired) electrons. The molecule has 0 saturated carbocycles. The predicted octanol–water partition coefficient (Wildman–Crippen LogP) is 2.04. The lowest BCUT2D eigenvalue weighted by Gasteiger charge is -2.09. The number of benzene rings is 1. The minimum Gasteiger partial charge on any atom is -0.497 e. The molecule has 0 atom stereocenters. The molecule has 0 aliphatic heterocycles. The van der Waals surface area contributed by atoms with E-state index in [2.05, 4.69) is 17.3 Å². The standard InChI is InChI=1S/C15H21N3O2/c1-11-13(10-17-18(11)2)9-16-8-12-5-14(19-3)7-15(6-12)20-4/h5-7,10,16H,8-9H2,1-4H3. The largest absolute Gasteiger partial charge is 0.497 e. The summed E-state index contributed by atoms with van der Waals surface area (Å²) in [5.74, 6) is 1.61. The highest BCUT2D eigenvalue weighted by Crippen LogP contribution is 2.22. The van der Waals surface area contributed by atoms with Gasteiger partial charge in [-0.15, -0.1) is 0 Å². The number of nitrogens with zero attached hydrogens (tertiary/aromatic N) is 2. The summed E-state index contributed by atoms with van der Waals surface area (Å²) in [5, 5.41) is 7.64. The van der Waals surface area contributed by atoms with Gasteiger partial charge < -0.3 is 14.8 Å². The van der Waals surface area contributed by atoms with Gasteiger partial charge in [-0.3, -0.25) is 4.68 Å².